The highest BCUT2D eigenvalue weighted by molar-refractivity contribution is 6.46. The van der Waals surface area contributed by atoms with Crippen LogP contribution in [-0.4, -0.2) is 65.4 Å². The Morgan fingerprint density at radius 1 is 1.19 bits per heavy atom. The number of aromatic nitrogens is 1. The summed E-state index contributed by atoms with van der Waals surface area (Å²) in [5, 5.41) is 11.0. The number of nitrogens with zero attached hydrogens (tertiary/aromatic N) is 3. The minimum Gasteiger partial charge on any atom is -0.507 e. The summed E-state index contributed by atoms with van der Waals surface area (Å²) in [6, 6.07) is 9.94. The predicted octanol–water partition coefficient (Wildman–Crippen LogP) is 3.24. The van der Waals surface area contributed by atoms with Crippen LogP contribution >= 0.6 is 0 Å². The lowest BCUT2D eigenvalue weighted by Crippen LogP contribution is -2.32. The number of carbonyl (C=O) groups excluding carboxylic acids is 2. The van der Waals surface area contributed by atoms with Gasteiger partial charge in [0.1, 0.15) is 11.5 Å². The number of Topliss-reactive ketones (excluding diaryl/α,β-unsaturated/α-hetero) is 1. The Balaban J connectivity index is 2.06. The number of aliphatic hydroxyl groups excluding tert-OH is 1. The lowest BCUT2D eigenvalue weighted by molar-refractivity contribution is -0.139. The molecule has 0 saturated carbocycles. The van der Waals surface area contributed by atoms with E-state index in [2.05, 4.69) is 4.98 Å². The molecule has 7 nitrogen and oxygen atoms in total. The van der Waals surface area contributed by atoms with Gasteiger partial charge >= 0.3 is 0 Å². The first-order valence-electron chi connectivity index (χ1n) is 10.5. The van der Waals surface area contributed by atoms with Crippen LogP contribution in [0.1, 0.15) is 36.9 Å². The van der Waals surface area contributed by atoms with E-state index in [1.807, 2.05) is 50.2 Å². The normalized spacial score (nSPS) is 18.1. The van der Waals surface area contributed by atoms with Gasteiger partial charge < -0.3 is 19.6 Å². The zero-order valence-corrected chi connectivity index (χ0v) is 18.2. The van der Waals surface area contributed by atoms with Crippen molar-refractivity contribution in [2.75, 3.05) is 33.8 Å². The van der Waals surface area contributed by atoms with Crippen molar-refractivity contribution in [2.45, 2.75) is 25.8 Å². The molecular weight excluding hydrogens is 394 g/mol. The van der Waals surface area contributed by atoms with Gasteiger partial charge in [0, 0.05) is 24.5 Å². The Morgan fingerprint density at radius 2 is 1.94 bits per heavy atom. The van der Waals surface area contributed by atoms with E-state index >= 15 is 0 Å². The first-order valence-corrected chi connectivity index (χ1v) is 10.5. The van der Waals surface area contributed by atoms with Crippen molar-refractivity contribution in [1.29, 1.82) is 0 Å². The van der Waals surface area contributed by atoms with Gasteiger partial charge in [-0.25, -0.2) is 0 Å². The van der Waals surface area contributed by atoms with E-state index in [1.165, 1.54) is 12.4 Å². The van der Waals surface area contributed by atoms with E-state index in [-0.39, 0.29) is 11.3 Å². The van der Waals surface area contributed by atoms with Crippen molar-refractivity contribution in [3.05, 3.63) is 65.5 Å². The number of amides is 1. The molecule has 0 radical (unpaired) electrons. The number of ether oxygens (including phenoxy) is 1. The topological polar surface area (TPSA) is 83.0 Å². The van der Waals surface area contributed by atoms with Crippen LogP contribution in [0, 0.1) is 0 Å². The highest BCUT2D eigenvalue weighted by Crippen LogP contribution is 2.40. The molecule has 1 aromatic carbocycles. The third kappa shape index (κ3) is 5.11. The van der Waals surface area contributed by atoms with Crippen LogP contribution in [0.4, 0.5) is 0 Å². The van der Waals surface area contributed by atoms with Gasteiger partial charge in [0.15, 0.2) is 0 Å². The molecule has 0 unspecified atom stereocenters. The molecule has 1 aliphatic rings. The number of aliphatic hydroxyl groups is 1. The molecule has 2 heterocycles. The Hall–Kier alpha value is -3.19. The molecule has 1 fully saturated rings. The van der Waals surface area contributed by atoms with Crippen LogP contribution in [0.3, 0.4) is 0 Å². The van der Waals surface area contributed by atoms with Crippen molar-refractivity contribution >= 4 is 17.4 Å². The number of rotatable bonds is 9. The molecule has 1 N–H and O–H groups in total. The van der Waals surface area contributed by atoms with E-state index in [4.69, 9.17) is 4.74 Å². The Morgan fingerprint density at radius 3 is 2.61 bits per heavy atom. The Bertz CT molecular complexity index is 956. The number of ketones is 1. The molecule has 1 aliphatic heterocycles. The summed E-state index contributed by atoms with van der Waals surface area (Å²) < 4.78 is 5.76. The molecule has 0 bridgehead atoms. The number of likely N-dealkylation sites (tertiary alicyclic amines) is 1. The summed E-state index contributed by atoms with van der Waals surface area (Å²) in [6.45, 7) is 3.78. The lowest BCUT2D eigenvalue weighted by atomic mass is 9.95. The average Bonchev–Trinajstić information content (AvgIpc) is 3.03. The summed E-state index contributed by atoms with van der Waals surface area (Å²) >= 11 is 0. The SMILES string of the molecule is CCCOc1cccc([C@H]2C(=C(O)c3ccncc3)C(=O)C(=O)N2CCCN(C)C)c1. The molecule has 3 rings (SSSR count). The third-order valence-corrected chi connectivity index (χ3v) is 5.14. The molecule has 164 valence electrons. The zero-order chi connectivity index (χ0) is 22.4. The quantitative estimate of drug-likeness (QED) is 0.379. The van der Waals surface area contributed by atoms with Crippen LogP contribution < -0.4 is 4.74 Å². The van der Waals surface area contributed by atoms with E-state index in [0.717, 1.165) is 18.5 Å². The van der Waals surface area contributed by atoms with Crippen molar-refractivity contribution < 1.29 is 19.4 Å². The molecule has 1 atom stereocenters. The summed E-state index contributed by atoms with van der Waals surface area (Å²) in [5.41, 5.74) is 1.27. The monoisotopic (exact) mass is 423 g/mol. The van der Waals surface area contributed by atoms with Gasteiger partial charge in [0.05, 0.1) is 18.2 Å². The van der Waals surface area contributed by atoms with E-state index in [1.54, 1.807) is 17.0 Å². The van der Waals surface area contributed by atoms with Crippen molar-refractivity contribution in [3.63, 3.8) is 0 Å². The average molecular weight is 424 g/mol. The second kappa shape index (κ2) is 10.2. The predicted molar refractivity (Wildman–Crippen MR) is 119 cm³/mol. The number of hydrogen-bond donors (Lipinski definition) is 1. The molecule has 1 saturated heterocycles. The summed E-state index contributed by atoms with van der Waals surface area (Å²) in [6.07, 6.45) is 4.65. The third-order valence-electron chi connectivity index (χ3n) is 5.14. The molecule has 2 aromatic rings. The molecule has 0 aliphatic carbocycles. The highest BCUT2D eigenvalue weighted by Gasteiger charge is 2.45. The second-order valence-electron chi connectivity index (χ2n) is 7.81. The first kappa shape index (κ1) is 22.5. The maximum absolute atomic E-state index is 13.0. The summed E-state index contributed by atoms with van der Waals surface area (Å²) in [4.78, 5) is 33.5. The fourth-order valence-electron chi connectivity index (χ4n) is 3.67. The van der Waals surface area contributed by atoms with E-state index in [0.29, 0.717) is 30.9 Å². The van der Waals surface area contributed by atoms with Gasteiger partial charge in [-0.05, 0) is 63.3 Å². The first-order chi connectivity index (χ1) is 14.9. The maximum atomic E-state index is 13.0. The van der Waals surface area contributed by atoms with Crippen LogP contribution in [0.25, 0.3) is 5.76 Å². The Kier molecular flexibility index (Phi) is 7.41. The molecule has 1 amide bonds. The standard InChI is InChI=1S/C24H29N3O4/c1-4-15-31-19-8-5-7-18(16-19)21-20(22(28)17-9-11-25-12-10-17)23(29)24(30)27(21)14-6-13-26(2)3/h5,7-12,16,21,28H,4,6,13-15H2,1-3H3/t21-/m0/s1. The van der Waals surface area contributed by atoms with Gasteiger partial charge in [0.2, 0.25) is 0 Å². The molecule has 1 aromatic heterocycles. The number of carbonyl (C=O) groups is 2. The van der Waals surface area contributed by atoms with E-state index < -0.39 is 17.7 Å². The van der Waals surface area contributed by atoms with Gasteiger partial charge in [-0.2, -0.15) is 0 Å². The molecule has 7 heteroatoms. The summed E-state index contributed by atoms with van der Waals surface area (Å²) in [7, 11) is 3.92. The van der Waals surface area contributed by atoms with Crippen LogP contribution in [-0.2, 0) is 9.59 Å². The van der Waals surface area contributed by atoms with Gasteiger partial charge in [-0.3, -0.25) is 14.6 Å². The molecular formula is C24H29N3O4. The Labute approximate surface area is 183 Å². The minimum atomic E-state index is -0.680. The second-order valence-corrected chi connectivity index (χ2v) is 7.81. The molecule has 31 heavy (non-hydrogen) atoms. The molecule has 0 spiro atoms. The lowest BCUT2D eigenvalue weighted by Gasteiger charge is -2.26. The fraction of sp³-hybridized carbons (Fsp3) is 0.375. The van der Waals surface area contributed by atoms with Crippen LogP contribution in [0.5, 0.6) is 5.75 Å². The smallest absolute Gasteiger partial charge is 0.295 e. The zero-order valence-electron chi connectivity index (χ0n) is 18.2. The van der Waals surface area contributed by atoms with Gasteiger partial charge in [0.25, 0.3) is 11.7 Å². The van der Waals surface area contributed by atoms with E-state index in [9.17, 15) is 14.7 Å². The fourth-order valence-corrected chi connectivity index (χ4v) is 3.67. The minimum absolute atomic E-state index is 0.0914. The largest absolute Gasteiger partial charge is 0.507 e. The highest BCUT2D eigenvalue weighted by atomic mass is 16.5. The van der Waals surface area contributed by atoms with Crippen molar-refractivity contribution in [1.82, 2.24) is 14.8 Å². The van der Waals surface area contributed by atoms with Crippen molar-refractivity contribution in [3.8, 4) is 5.75 Å². The van der Waals surface area contributed by atoms with Gasteiger partial charge in [-0.15, -0.1) is 0 Å². The van der Waals surface area contributed by atoms with Crippen molar-refractivity contribution in [2.24, 2.45) is 0 Å². The van der Waals surface area contributed by atoms with Crippen LogP contribution in [0.15, 0.2) is 54.4 Å². The number of pyridine rings is 1. The van der Waals surface area contributed by atoms with Crippen LogP contribution in [0.2, 0.25) is 0 Å². The summed E-state index contributed by atoms with van der Waals surface area (Å²) in [5.74, 6) is -0.800. The maximum Gasteiger partial charge on any atom is 0.295 e. The van der Waals surface area contributed by atoms with Gasteiger partial charge in [-0.1, -0.05) is 19.1 Å². The number of benzene rings is 1. The number of hydrogen-bond acceptors (Lipinski definition) is 6.